The predicted molar refractivity (Wildman–Crippen MR) is 81.4 cm³/mol. The summed E-state index contributed by atoms with van der Waals surface area (Å²) in [5, 5.41) is 2.36. The Morgan fingerprint density at radius 2 is 2.00 bits per heavy atom. The number of amides is 1. The quantitative estimate of drug-likeness (QED) is 0.928. The van der Waals surface area contributed by atoms with E-state index in [0.717, 1.165) is 24.9 Å². The Balaban J connectivity index is 1.84. The van der Waals surface area contributed by atoms with E-state index in [1.54, 1.807) is 0 Å². The number of nitrogens with zero attached hydrogens (tertiary/aromatic N) is 1. The van der Waals surface area contributed by atoms with Crippen molar-refractivity contribution in [2.45, 2.75) is 25.3 Å². The van der Waals surface area contributed by atoms with Crippen LogP contribution in [0.4, 0.5) is 0 Å². The first kappa shape index (κ1) is 13.1. The minimum atomic E-state index is 0.203. The summed E-state index contributed by atoms with van der Waals surface area (Å²) in [7, 11) is 0. The Hall–Kier alpha value is -1.87. The van der Waals surface area contributed by atoms with Gasteiger partial charge in [0.1, 0.15) is 0 Å². The van der Waals surface area contributed by atoms with E-state index < -0.39 is 0 Å². The van der Waals surface area contributed by atoms with E-state index in [1.165, 1.54) is 10.8 Å². The minimum absolute atomic E-state index is 0.203. The number of fused-ring (bicyclic) bond motifs is 1. The molecule has 0 bridgehead atoms. The highest BCUT2D eigenvalue weighted by Crippen LogP contribution is 2.22. The van der Waals surface area contributed by atoms with Crippen molar-refractivity contribution in [1.82, 2.24) is 4.90 Å². The lowest BCUT2D eigenvalue weighted by molar-refractivity contribution is -0.131. The highest BCUT2D eigenvalue weighted by molar-refractivity contribution is 5.90. The van der Waals surface area contributed by atoms with E-state index in [4.69, 9.17) is 5.73 Å². The molecule has 3 nitrogen and oxygen atoms in total. The van der Waals surface area contributed by atoms with Crippen LogP contribution in [0.5, 0.6) is 0 Å². The fourth-order valence-corrected chi connectivity index (χ4v) is 3.12. The molecule has 1 unspecified atom stereocenters. The molecule has 0 saturated carbocycles. The summed E-state index contributed by atoms with van der Waals surface area (Å²) in [5.74, 6) is 0.203. The average Bonchev–Trinajstić information content (AvgIpc) is 2.96. The maximum Gasteiger partial charge on any atom is 0.227 e. The highest BCUT2D eigenvalue weighted by Gasteiger charge is 2.27. The molecule has 1 heterocycles. The van der Waals surface area contributed by atoms with Crippen LogP contribution in [0.3, 0.4) is 0 Å². The first-order valence-electron chi connectivity index (χ1n) is 7.26. The maximum atomic E-state index is 12.5. The van der Waals surface area contributed by atoms with Gasteiger partial charge in [-0.25, -0.2) is 0 Å². The Bertz CT molecular complexity index is 618. The molecule has 1 fully saturated rings. The van der Waals surface area contributed by atoms with Crippen molar-refractivity contribution in [3.8, 4) is 0 Å². The molecule has 2 N–H and O–H groups in total. The van der Waals surface area contributed by atoms with Crippen LogP contribution in [0.2, 0.25) is 0 Å². The van der Waals surface area contributed by atoms with Crippen molar-refractivity contribution < 1.29 is 4.79 Å². The topological polar surface area (TPSA) is 46.3 Å². The lowest BCUT2D eigenvalue weighted by atomic mass is 10.0. The molecule has 20 heavy (non-hydrogen) atoms. The van der Waals surface area contributed by atoms with Gasteiger partial charge in [-0.3, -0.25) is 4.79 Å². The third-order valence-corrected chi connectivity index (χ3v) is 4.19. The van der Waals surface area contributed by atoms with Gasteiger partial charge in [0, 0.05) is 19.1 Å². The smallest absolute Gasteiger partial charge is 0.227 e. The summed E-state index contributed by atoms with van der Waals surface area (Å²) in [6.45, 7) is 1.42. The predicted octanol–water partition coefficient (Wildman–Crippen LogP) is 2.33. The molecular formula is C17H20N2O. The number of benzene rings is 2. The molecule has 1 atom stereocenters. The van der Waals surface area contributed by atoms with Crippen LogP contribution in [0.1, 0.15) is 18.4 Å². The lowest BCUT2D eigenvalue weighted by Gasteiger charge is -2.23. The SMILES string of the molecule is NCC1CCCN1C(=O)Cc1cccc2ccccc12. The summed E-state index contributed by atoms with van der Waals surface area (Å²) in [6.07, 6.45) is 2.58. The van der Waals surface area contributed by atoms with Gasteiger partial charge in [0.2, 0.25) is 5.91 Å². The highest BCUT2D eigenvalue weighted by atomic mass is 16.2. The number of carbonyl (C=O) groups excluding carboxylic acids is 1. The van der Waals surface area contributed by atoms with Crippen LogP contribution in [-0.2, 0) is 11.2 Å². The molecule has 0 radical (unpaired) electrons. The van der Waals surface area contributed by atoms with Gasteiger partial charge in [-0.15, -0.1) is 0 Å². The monoisotopic (exact) mass is 268 g/mol. The van der Waals surface area contributed by atoms with Crippen molar-refractivity contribution in [1.29, 1.82) is 0 Å². The molecular weight excluding hydrogens is 248 g/mol. The van der Waals surface area contributed by atoms with Crippen LogP contribution >= 0.6 is 0 Å². The van der Waals surface area contributed by atoms with Gasteiger partial charge in [0.15, 0.2) is 0 Å². The standard InChI is InChI=1S/C17H20N2O/c18-12-15-8-4-10-19(15)17(20)11-14-7-3-6-13-5-1-2-9-16(13)14/h1-3,5-7,9,15H,4,8,10-12,18H2. The first-order valence-corrected chi connectivity index (χ1v) is 7.26. The fourth-order valence-electron chi connectivity index (χ4n) is 3.12. The summed E-state index contributed by atoms with van der Waals surface area (Å²) in [6, 6.07) is 14.6. The Labute approximate surface area is 119 Å². The third kappa shape index (κ3) is 2.41. The fraction of sp³-hybridized carbons (Fsp3) is 0.353. The van der Waals surface area contributed by atoms with Gasteiger partial charge in [-0.05, 0) is 29.2 Å². The summed E-state index contributed by atoms with van der Waals surface area (Å²) < 4.78 is 0. The van der Waals surface area contributed by atoms with Crippen molar-refractivity contribution in [2.24, 2.45) is 5.73 Å². The van der Waals surface area contributed by atoms with Crippen LogP contribution in [0.15, 0.2) is 42.5 Å². The third-order valence-electron chi connectivity index (χ3n) is 4.19. The molecule has 0 aromatic heterocycles. The van der Waals surface area contributed by atoms with Crippen molar-refractivity contribution in [3.63, 3.8) is 0 Å². The number of carbonyl (C=O) groups is 1. The Morgan fingerprint density at radius 3 is 2.85 bits per heavy atom. The molecule has 3 heteroatoms. The zero-order valence-corrected chi connectivity index (χ0v) is 11.6. The molecule has 0 spiro atoms. The second-order valence-corrected chi connectivity index (χ2v) is 5.43. The lowest BCUT2D eigenvalue weighted by Crippen LogP contribution is -2.40. The molecule has 104 valence electrons. The average molecular weight is 268 g/mol. The molecule has 3 rings (SSSR count). The van der Waals surface area contributed by atoms with E-state index in [1.807, 2.05) is 29.2 Å². The molecule has 0 aliphatic carbocycles. The zero-order valence-electron chi connectivity index (χ0n) is 11.6. The Morgan fingerprint density at radius 1 is 1.20 bits per heavy atom. The molecule has 2 aromatic rings. The van der Waals surface area contributed by atoms with Gasteiger partial charge in [-0.1, -0.05) is 42.5 Å². The normalized spacial score (nSPS) is 18.6. The second-order valence-electron chi connectivity index (χ2n) is 5.43. The van der Waals surface area contributed by atoms with Crippen molar-refractivity contribution >= 4 is 16.7 Å². The number of hydrogen-bond acceptors (Lipinski definition) is 2. The van der Waals surface area contributed by atoms with Gasteiger partial charge < -0.3 is 10.6 Å². The van der Waals surface area contributed by atoms with E-state index in [0.29, 0.717) is 13.0 Å². The van der Waals surface area contributed by atoms with Gasteiger partial charge in [-0.2, -0.15) is 0 Å². The van der Waals surface area contributed by atoms with Crippen LogP contribution in [0.25, 0.3) is 10.8 Å². The largest absolute Gasteiger partial charge is 0.338 e. The van der Waals surface area contributed by atoms with Crippen molar-refractivity contribution in [2.75, 3.05) is 13.1 Å². The molecule has 1 aliphatic heterocycles. The number of nitrogens with two attached hydrogens (primary N) is 1. The minimum Gasteiger partial charge on any atom is -0.338 e. The second kappa shape index (κ2) is 5.63. The summed E-state index contributed by atoms with van der Waals surface area (Å²) in [5.41, 5.74) is 6.86. The van der Waals surface area contributed by atoms with Gasteiger partial charge >= 0.3 is 0 Å². The van der Waals surface area contributed by atoms with Crippen molar-refractivity contribution in [3.05, 3.63) is 48.0 Å². The van der Waals surface area contributed by atoms with Crippen LogP contribution < -0.4 is 5.73 Å². The number of hydrogen-bond donors (Lipinski definition) is 1. The first-order chi connectivity index (χ1) is 9.79. The Kier molecular flexibility index (Phi) is 3.70. The maximum absolute atomic E-state index is 12.5. The molecule has 1 saturated heterocycles. The number of likely N-dealkylation sites (tertiary alicyclic amines) is 1. The van der Waals surface area contributed by atoms with Crippen LogP contribution in [0, 0.1) is 0 Å². The molecule has 1 aliphatic rings. The number of rotatable bonds is 3. The van der Waals surface area contributed by atoms with E-state index >= 15 is 0 Å². The summed E-state index contributed by atoms with van der Waals surface area (Å²) in [4.78, 5) is 14.5. The van der Waals surface area contributed by atoms with E-state index in [9.17, 15) is 4.79 Å². The van der Waals surface area contributed by atoms with Crippen LogP contribution in [-0.4, -0.2) is 29.9 Å². The summed E-state index contributed by atoms with van der Waals surface area (Å²) >= 11 is 0. The van der Waals surface area contributed by atoms with Gasteiger partial charge in [0.05, 0.1) is 6.42 Å². The molecule has 1 amide bonds. The molecule has 2 aromatic carbocycles. The van der Waals surface area contributed by atoms with Gasteiger partial charge in [0.25, 0.3) is 0 Å². The van der Waals surface area contributed by atoms with E-state index in [-0.39, 0.29) is 11.9 Å². The zero-order chi connectivity index (χ0) is 13.9. The van der Waals surface area contributed by atoms with E-state index in [2.05, 4.69) is 18.2 Å².